The molecular weight excluding hydrogens is 353 g/mol. The van der Waals surface area contributed by atoms with Crippen molar-refractivity contribution < 1.29 is 23.6 Å². The minimum Gasteiger partial charge on any atom is -0.491 e. The number of aliphatic hydroxyl groups excluding tert-OH is 1. The van der Waals surface area contributed by atoms with E-state index in [-0.39, 0.29) is 30.0 Å². The average molecular weight is 371 g/mol. The molecule has 1 heterocycles. The summed E-state index contributed by atoms with van der Waals surface area (Å²) < 4.78 is 24.8. The molecule has 0 bridgehead atoms. The molecule has 0 radical (unpaired) electrons. The number of hydrogen-bond acceptors (Lipinski definition) is 6. The average Bonchev–Trinajstić information content (AvgIpc) is 3.11. The summed E-state index contributed by atoms with van der Waals surface area (Å²) in [7, 11) is 0. The molecule has 3 N–H and O–H groups in total. The Labute approximate surface area is 154 Å². The van der Waals surface area contributed by atoms with Crippen LogP contribution in [0.2, 0.25) is 0 Å². The van der Waals surface area contributed by atoms with Gasteiger partial charge in [-0.15, -0.1) is 0 Å². The maximum Gasteiger partial charge on any atom is 0.258 e. The molecule has 0 spiro atoms. The SMILES string of the molecule is CC(C)Oc1ccc(-c2nc(-c3ccc(C(N)=O)c(F)c3)no2)cc1CO. The summed E-state index contributed by atoms with van der Waals surface area (Å²) in [4.78, 5) is 15.4. The van der Waals surface area contributed by atoms with Crippen LogP contribution in [-0.4, -0.2) is 27.3 Å². The number of benzene rings is 2. The zero-order valence-corrected chi connectivity index (χ0v) is 14.8. The predicted octanol–water partition coefficient (Wildman–Crippen LogP) is 2.92. The van der Waals surface area contributed by atoms with Gasteiger partial charge >= 0.3 is 0 Å². The van der Waals surface area contributed by atoms with E-state index >= 15 is 0 Å². The van der Waals surface area contributed by atoms with Crippen molar-refractivity contribution in [2.24, 2.45) is 5.73 Å². The lowest BCUT2D eigenvalue weighted by molar-refractivity contribution is 0.0996. The van der Waals surface area contributed by atoms with Crippen molar-refractivity contribution in [2.75, 3.05) is 0 Å². The minimum absolute atomic E-state index is 0.0329. The van der Waals surface area contributed by atoms with Crippen LogP contribution in [0.1, 0.15) is 29.8 Å². The highest BCUT2D eigenvalue weighted by molar-refractivity contribution is 5.93. The molecule has 2 aromatic carbocycles. The fourth-order valence-corrected chi connectivity index (χ4v) is 2.52. The second kappa shape index (κ2) is 7.55. The lowest BCUT2D eigenvalue weighted by atomic mass is 10.1. The predicted molar refractivity (Wildman–Crippen MR) is 95.3 cm³/mol. The van der Waals surface area contributed by atoms with Gasteiger partial charge in [-0.3, -0.25) is 4.79 Å². The van der Waals surface area contributed by atoms with Gasteiger partial charge in [-0.2, -0.15) is 4.98 Å². The van der Waals surface area contributed by atoms with Crippen LogP contribution in [-0.2, 0) is 6.61 Å². The van der Waals surface area contributed by atoms with Crippen molar-refractivity contribution in [3.63, 3.8) is 0 Å². The number of amides is 1. The third-order valence-corrected chi connectivity index (χ3v) is 3.76. The van der Waals surface area contributed by atoms with Crippen LogP contribution < -0.4 is 10.5 Å². The van der Waals surface area contributed by atoms with Crippen molar-refractivity contribution in [3.8, 4) is 28.6 Å². The first-order chi connectivity index (χ1) is 12.9. The van der Waals surface area contributed by atoms with E-state index in [0.29, 0.717) is 22.4 Å². The maximum atomic E-state index is 13.9. The van der Waals surface area contributed by atoms with E-state index in [1.807, 2.05) is 13.8 Å². The highest BCUT2D eigenvalue weighted by Gasteiger charge is 2.16. The molecule has 0 aliphatic carbocycles. The third-order valence-electron chi connectivity index (χ3n) is 3.76. The van der Waals surface area contributed by atoms with E-state index in [0.717, 1.165) is 6.07 Å². The van der Waals surface area contributed by atoms with Gasteiger partial charge in [-0.25, -0.2) is 4.39 Å². The minimum atomic E-state index is -0.854. The quantitative estimate of drug-likeness (QED) is 0.689. The molecule has 8 heteroatoms. The molecule has 3 rings (SSSR count). The zero-order valence-electron chi connectivity index (χ0n) is 14.8. The van der Waals surface area contributed by atoms with Gasteiger partial charge < -0.3 is 20.1 Å². The number of ether oxygens (including phenoxy) is 1. The number of nitrogens with two attached hydrogens (primary N) is 1. The van der Waals surface area contributed by atoms with Crippen molar-refractivity contribution in [2.45, 2.75) is 26.6 Å². The summed E-state index contributed by atoms with van der Waals surface area (Å²) in [6.07, 6.45) is -0.0329. The van der Waals surface area contributed by atoms with Crippen LogP contribution >= 0.6 is 0 Å². The van der Waals surface area contributed by atoms with Gasteiger partial charge in [0.15, 0.2) is 0 Å². The van der Waals surface area contributed by atoms with Crippen LogP contribution in [0.5, 0.6) is 5.75 Å². The summed E-state index contributed by atoms with van der Waals surface area (Å²) in [5.41, 5.74) is 6.39. The standard InChI is InChI=1S/C19H18FN3O4/c1-10(2)26-16-6-4-12(7-13(16)9-24)19-22-18(23-27-19)11-3-5-14(17(21)25)15(20)8-11/h3-8,10,24H,9H2,1-2H3,(H2,21,25). The van der Waals surface area contributed by atoms with Gasteiger partial charge in [0, 0.05) is 16.7 Å². The molecule has 27 heavy (non-hydrogen) atoms. The Balaban J connectivity index is 1.92. The van der Waals surface area contributed by atoms with Crippen molar-refractivity contribution in [1.29, 1.82) is 0 Å². The van der Waals surface area contributed by atoms with E-state index in [4.69, 9.17) is 15.0 Å². The molecule has 0 saturated carbocycles. The fraction of sp³-hybridized carbons (Fsp3) is 0.211. The van der Waals surface area contributed by atoms with E-state index in [9.17, 15) is 14.3 Å². The molecule has 1 amide bonds. The molecule has 140 valence electrons. The first-order valence-electron chi connectivity index (χ1n) is 8.23. The van der Waals surface area contributed by atoms with Gasteiger partial charge in [0.2, 0.25) is 5.82 Å². The van der Waals surface area contributed by atoms with Crippen LogP contribution in [0.3, 0.4) is 0 Å². The second-order valence-electron chi connectivity index (χ2n) is 6.13. The van der Waals surface area contributed by atoms with E-state index < -0.39 is 11.7 Å². The molecule has 0 aliphatic rings. The van der Waals surface area contributed by atoms with Crippen LogP contribution in [0.15, 0.2) is 40.9 Å². The van der Waals surface area contributed by atoms with Crippen molar-refractivity contribution in [1.82, 2.24) is 10.1 Å². The zero-order chi connectivity index (χ0) is 19.6. The summed E-state index contributed by atoms with van der Waals surface area (Å²) in [6.45, 7) is 3.57. The molecule has 0 unspecified atom stereocenters. The molecule has 3 aromatic rings. The van der Waals surface area contributed by atoms with E-state index in [2.05, 4.69) is 10.1 Å². The Kier molecular flexibility index (Phi) is 5.18. The van der Waals surface area contributed by atoms with Gasteiger partial charge in [0.05, 0.1) is 18.3 Å². The Bertz CT molecular complexity index is 985. The lowest BCUT2D eigenvalue weighted by Crippen LogP contribution is -2.12. The summed E-state index contributed by atoms with van der Waals surface area (Å²) in [5, 5.41) is 13.4. The number of aromatic nitrogens is 2. The normalized spacial score (nSPS) is 11.0. The molecule has 7 nitrogen and oxygen atoms in total. The van der Waals surface area contributed by atoms with Crippen LogP contribution in [0.25, 0.3) is 22.8 Å². The highest BCUT2D eigenvalue weighted by atomic mass is 19.1. The number of carbonyl (C=O) groups excluding carboxylic acids is 1. The van der Waals surface area contributed by atoms with E-state index in [1.165, 1.54) is 12.1 Å². The van der Waals surface area contributed by atoms with Crippen LogP contribution in [0, 0.1) is 5.82 Å². The molecule has 0 fully saturated rings. The first-order valence-corrected chi connectivity index (χ1v) is 8.23. The summed E-state index contributed by atoms with van der Waals surface area (Å²) >= 11 is 0. The summed E-state index contributed by atoms with van der Waals surface area (Å²) in [6, 6.07) is 9.00. The molecule has 0 saturated heterocycles. The van der Waals surface area contributed by atoms with Gasteiger partial charge in [-0.1, -0.05) is 11.2 Å². The lowest BCUT2D eigenvalue weighted by Gasteiger charge is -2.13. The Morgan fingerprint density at radius 3 is 2.63 bits per heavy atom. The highest BCUT2D eigenvalue weighted by Crippen LogP contribution is 2.28. The monoisotopic (exact) mass is 371 g/mol. The van der Waals surface area contributed by atoms with Crippen molar-refractivity contribution in [3.05, 3.63) is 53.3 Å². The second-order valence-corrected chi connectivity index (χ2v) is 6.13. The smallest absolute Gasteiger partial charge is 0.258 e. The molecule has 1 aromatic heterocycles. The number of nitrogens with zero attached hydrogens (tertiary/aromatic N) is 2. The maximum absolute atomic E-state index is 13.9. The van der Waals surface area contributed by atoms with Gasteiger partial charge in [0.1, 0.15) is 11.6 Å². The number of halogens is 1. The summed E-state index contributed by atoms with van der Waals surface area (Å²) in [5.74, 6) is -0.680. The van der Waals surface area contributed by atoms with Crippen molar-refractivity contribution >= 4 is 5.91 Å². The number of hydrogen-bond donors (Lipinski definition) is 2. The van der Waals surface area contributed by atoms with Gasteiger partial charge in [0.25, 0.3) is 11.8 Å². The molecule has 0 atom stereocenters. The Hall–Kier alpha value is -3.26. The first kappa shape index (κ1) is 18.5. The number of aliphatic hydroxyl groups is 1. The molecular formula is C19H18FN3O4. The number of carbonyl (C=O) groups is 1. The number of primary amides is 1. The largest absolute Gasteiger partial charge is 0.491 e. The topological polar surface area (TPSA) is 111 Å². The van der Waals surface area contributed by atoms with E-state index in [1.54, 1.807) is 18.2 Å². The fourth-order valence-electron chi connectivity index (χ4n) is 2.52. The Morgan fingerprint density at radius 1 is 1.26 bits per heavy atom. The Morgan fingerprint density at radius 2 is 2.00 bits per heavy atom. The van der Waals surface area contributed by atoms with Crippen LogP contribution in [0.4, 0.5) is 4.39 Å². The third kappa shape index (κ3) is 3.95. The molecule has 0 aliphatic heterocycles. The van der Waals surface area contributed by atoms with Gasteiger partial charge in [-0.05, 0) is 44.2 Å². The number of rotatable bonds is 6.